The Balaban J connectivity index is 1.62. The second-order valence-corrected chi connectivity index (χ2v) is 6.82. The molecular weight excluding hydrogens is 392 g/mol. The first-order valence-electron chi connectivity index (χ1n) is 9.72. The van der Waals surface area contributed by atoms with Crippen LogP contribution in [0.25, 0.3) is 11.1 Å². The lowest BCUT2D eigenvalue weighted by molar-refractivity contribution is 0.0696. The zero-order chi connectivity index (χ0) is 21.5. The molecule has 31 heavy (non-hydrogen) atoms. The van der Waals surface area contributed by atoms with Crippen molar-refractivity contribution >= 4 is 5.97 Å². The standard InChI is InChI=1S/C25H20N2O4/c28-25(29)21-13-20(14-26-15-21)22-11-12-23(30-16-18-7-3-1-4-8-18)27-24(22)31-17-19-9-5-2-6-10-19/h1-15H,16-17H2,(H,28,29). The topological polar surface area (TPSA) is 81.5 Å². The third-order valence-corrected chi connectivity index (χ3v) is 4.58. The van der Waals surface area contributed by atoms with Crippen LogP contribution in [0.4, 0.5) is 0 Å². The average Bonchev–Trinajstić information content (AvgIpc) is 2.83. The molecule has 0 aliphatic heterocycles. The molecule has 0 saturated heterocycles. The smallest absolute Gasteiger partial charge is 0.337 e. The summed E-state index contributed by atoms with van der Waals surface area (Å²) >= 11 is 0. The van der Waals surface area contributed by atoms with Crippen LogP contribution >= 0.6 is 0 Å². The van der Waals surface area contributed by atoms with E-state index in [2.05, 4.69) is 9.97 Å². The lowest BCUT2D eigenvalue weighted by Gasteiger charge is -2.13. The van der Waals surface area contributed by atoms with Crippen molar-refractivity contribution in [1.82, 2.24) is 9.97 Å². The van der Waals surface area contributed by atoms with Gasteiger partial charge in [0, 0.05) is 29.6 Å². The number of carbonyl (C=O) groups is 1. The molecule has 0 fully saturated rings. The normalized spacial score (nSPS) is 10.5. The molecule has 0 radical (unpaired) electrons. The van der Waals surface area contributed by atoms with Gasteiger partial charge in [0.05, 0.1) is 5.56 Å². The van der Waals surface area contributed by atoms with E-state index in [-0.39, 0.29) is 5.56 Å². The monoisotopic (exact) mass is 412 g/mol. The highest BCUT2D eigenvalue weighted by molar-refractivity contribution is 5.89. The molecule has 0 amide bonds. The molecule has 0 bridgehead atoms. The van der Waals surface area contributed by atoms with Crippen LogP contribution in [0.5, 0.6) is 11.8 Å². The second kappa shape index (κ2) is 9.54. The average molecular weight is 412 g/mol. The second-order valence-electron chi connectivity index (χ2n) is 6.82. The fourth-order valence-corrected chi connectivity index (χ4v) is 3.00. The number of nitrogens with zero attached hydrogens (tertiary/aromatic N) is 2. The van der Waals surface area contributed by atoms with Crippen molar-refractivity contribution in [3.63, 3.8) is 0 Å². The minimum atomic E-state index is -1.04. The largest absolute Gasteiger partial charge is 0.478 e. The highest BCUT2D eigenvalue weighted by atomic mass is 16.5. The van der Waals surface area contributed by atoms with Gasteiger partial charge in [-0.2, -0.15) is 4.98 Å². The number of hydrogen-bond donors (Lipinski definition) is 1. The minimum Gasteiger partial charge on any atom is -0.478 e. The van der Waals surface area contributed by atoms with Crippen molar-refractivity contribution in [2.24, 2.45) is 0 Å². The summed E-state index contributed by atoms with van der Waals surface area (Å²) in [4.78, 5) is 19.9. The maximum Gasteiger partial charge on any atom is 0.337 e. The van der Waals surface area contributed by atoms with Crippen LogP contribution in [0, 0.1) is 0 Å². The zero-order valence-electron chi connectivity index (χ0n) is 16.6. The number of hydrogen-bond acceptors (Lipinski definition) is 5. The maximum atomic E-state index is 11.3. The fraction of sp³-hybridized carbons (Fsp3) is 0.0800. The molecule has 2 heterocycles. The Morgan fingerprint density at radius 1 is 0.806 bits per heavy atom. The van der Waals surface area contributed by atoms with Gasteiger partial charge in [0.15, 0.2) is 0 Å². The van der Waals surface area contributed by atoms with Crippen LogP contribution < -0.4 is 9.47 Å². The Bertz CT molecular complexity index is 1160. The molecule has 4 rings (SSSR count). The number of rotatable bonds is 8. The molecule has 6 nitrogen and oxygen atoms in total. The van der Waals surface area contributed by atoms with Gasteiger partial charge in [-0.05, 0) is 23.3 Å². The Hall–Kier alpha value is -4.19. The Labute approximate surface area is 179 Å². The van der Waals surface area contributed by atoms with Crippen molar-refractivity contribution < 1.29 is 19.4 Å². The Morgan fingerprint density at radius 2 is 1.45 bits per heavy atom. The summed E-state index contributed by atoms with van der Waals surface area (Å²) in [5.41, 5.74) is 3.35. The summed E-state index contributed by atoms with van der Waals surface area (Å²) in [7, 11) is 0. The summed E-state index contributed by atoms with van der Waals surface area (Å²) in [5, 5.41) is 9.29. The summed E-state index contributed by atoms with van der Waals surface area (Å²) in [5.74, 6) is -0.284. The van der Waals surface area contributed by atoms with Gasteiger partial charge < -0.3 is 14.6 Å². The third kappa shape index (κ3) is 5.25. The van der Waals surface area contributed by atoms with E-state index in [4.69, 9.17) is 9.47 Å². The molecule has 154 valence electrons. The number of aromatic nitrogens is 2. The van der Waals surface area contributed by atoms with E-state index in [1.165, 1.54) is 6.20 Å². The summed E-state index contributed by atoms with van der Waals surface area (Å²) < 4.78 is 11.8. The summed E-state index contributed by atoms with van der Waals surface area (Å²) in [6.07, 6.45) is 2.89. The number of aromatic carboxylic acids is 1. The number of carboxylic acids is 1. The predicted molar refractivity (Wildman–Crippen MR) is 116 cm³/mol. The number of pyridine rings is 2. The van der Waals surface area contributed by atoms with Crippen molar-refractivity contribution in [3.8, 4) is 22.9 Å². The van der Waals surface area contributed by atoms with Crippen molar-refractivity contribution in [2.75, 3.05) is 0 Å². The molecule has 2 aromatic carbocycles. The molecule has 0 unspecified atom stereocenters. The summed E-state index contributed by atoms with van der Waals surface area (Å²) in [6, 6.07) is 24.6. The molecule has 0 saturated carbocycles. The number of carboxylic acid groups (broad SMARTS) is 1. The van der Waals surface area contributed by atoms with Gasteiger partial charge >= 0.3 is 5.97 Å². The lowest BCUT2D eigenvalue weighted by Crippen LogP contribution is -2.03. The van der Waals surface area contributed by atoms with Crippen molar-refractivity contribution in [3.05, 3.63) is 108 Å². The van der Waals surface area contributed by atoms with Crippen LogP contribution in [-0.2, 0) is 13.2 Å². The first kappa shape index (κ1) is 20.1. The van der Waals surface area contributed by atoms with Crippen molar-refractivity contribution in [1.29, 1.82) is 0 Å². The van der Waals surface area contributed by atoms with Crippen LogP contribution in [-0.4, -0.2) is 21.0 Å². The Kier molecular flexibility index (Phi) is 6.18. The van der Waals surface area contributed by atoms with Gasteiger partial charge in [-0.25, -0.2) is 4.79 Å². The molecular formula is C25H20N2O4. The van der Waals surface area contributed by atoms with Crippen molar-refractivity contribution in [2.45, 2.75) is 13.2 Å². The van der Waals surface area contributed by atoms with E-state index >= 15 is 0 Å². The fourth-order valence-electron chi connectivity index (χ4n) is 3.00. The van der Waals surface area contributed by atoms with E-state index in [9.17, 15) is 9.90 Å². The van der Waals surface area contributed by atoms with E-state index < -0.39 is 5.97 Å². The number of benzene rings is 2. The SMILES string of the molecule is O=C(O)c1cncc(-c2ccc(OCc3ccccc3)nc2OCc2ccccc2)c1. The van der Waals surface area contributed by atoms with Crippen LogP contribution in [0.2, 0.25) is 0 Å². The van der Waals surface area contributed by atoms with Gasteiger partial charge in [0.2, 0.25) is 11.8 Å². The highest BCUT2D eigenvalue weighted by Gasteiger charge is 2.14. The van der Waals surface area contributed by atoms with Crippen LogP contribution in [0.15, 0.2) is 91.3 Å². The first-order valence-corrected chi connectivity index (χ1v) is 9.72. The van der Waals surface area contributed by atoms with Gasteiger partial charge in [0.1, 0.15) is 13.2 Å². The molecule has 1 N–H and O–H groups in total. The molecule has 2 aromatic heterocycles. The molecule has 6 heteroatoms. The maximum absolute atomic E-state index is 11.3. The van der Waals surface area contributed by atoms with Gasteiger partial charge in [-0.3, -0.25) is 4.98 Å². The van der Waals surface area contributed by atoms with Crippen LogP contribution in [0.3, 0.4) is 0 Å². The van der Waals surface area contributed by atoms with E-state index in [1.807, 2.05) is 60.7 Å². The number of ether oxygens (including phenoxy) is 2. The van der Waals surface area contributed by atoms with Crippen LogP contribution in [0.1, 0.15) is 21.5 Å². The highest BCUT2D eigenvalue weighted by Crippen LogP contribution is 2.31. The van der Waals surface area contributed by atoms with Gasteiger partial charge in [0.25, 0.3) is 0 Å². The Morgan fingerprint density at radius 3 is 2.10 bits per heavy atom. The molecule has 4 aromatic rings. The zero-order valence-corrected chi connectivity index (χ0v) is 16.6. The summed E-state index contributed by atoms with van der Waals surface area (Å²) in [6.45, 7) is 0.691. The van der Waals surface area contributed by atoms with Gasteiger partial charge in [-0.1, -0.05) is 60.7 Å². The van der Waals surface area contributed by atoms with E-state index in [0.29, 0.717) is 36.1 Å². The minimum absolute atomic E-state index is 0.0934. The molecule has 0 aliphatic carbocycles. The first-order chi connectivity index (χ1) is 15.2. The lowest BCUT2D eigenvalue weighted by atomic mass is 10.1. The molecule has 0 atom stereocenters. The van der Waals surface area contributed by atoms with E-state index in [0.717, 1.165) is 11.1 Å². The molecule has 0 spiro atoms. The van der Waals surface area contributed by atoms with Gasteiger partial charge in [-0.15, -0.1) is 0 Å². The molecule has 0 aliphatic rings. The van der Waals surface area contributed by atoms with E-state index in [1.54, 1.807) is 24.4 Å². The third-order valence-electron chi connectivity index (χ3n) is 4.58. The quantitative estimate of drug-likeness (QED) is 0.439. The predicted octanol–water partition coefficient (Wildman–Crippen LogP) is 5.00.